The summed E-state index contributed by atoms with van der Waals surface area (Å²) in [5.74, 6) is 2.29. The molecule has 0 unspecified atom stereocenters. The van der Waals surface area contributed by atoms with Gasteiger partial charge in [-0.15, -0.1) is 0 Å². The van der Waals surface area contributed by atoms with Crippen LogP contribution in [0.2, 0.25) is 0 Å². The average Bonchev–Trinajstić information content (AvgIpc) is 2.18. The Kier molecular flexibility index (Phi) is 4.53. The molecule has 1 rings (SSSR count). The molecule has 0 aliphatic heterocycles. The Labute approximate surface area is 92.3 Å². The predicted molar refractivity (Wildman–Crippen MR) is 64.3 cm³/mol. The molecule has 15 heavy (non-hydrogen) atoms. The Hall–Kier alpha value is -1.12. The van der Waals surface area contributed by atoms with Crippen molar-refractivity contribution in [3.63, 3.8) is 0 Å². The summed E-state index contributed by atoms with van der Waals surface area (Å²) in [7, 11) is 0. The first-order valence-electron chi connectivity index (χ1n) is 5.79. The molecule has 0 aliphatic carbocycles. The molecule has 0 saturated carbocycles. The second-order valence-electron chi connectivity index (χ2n) is 4.04. The van der Waals surface area contributed by atoms with Gasteiger partial charge in [0.25, 0.3) is 0 Å². The van der Waals surface area contributed by atoms with Gasteiger partial charge in [0.05, 0.1) is 0 Å². The summed E-state index contributed by atoms with van der Waals surface area (Å²) < 4.78 is 0. The van der Waals surface area contributed by atoms with Gasteiger partial charge in [0.1, 0.15) is 11.6 Å². The van der Waals surface area contributed by atoms with E-state index in [1.54, 1.807) is 0 Å². The average molecular weight is 207 g/mol. The van der Waals surface area contributed by atoms with E-state index in [0.717, 1.165) is 36.7 Å². The molecule has 1 aromatic rings. The third-order valence-corrected chi connectivity index (χ3v) is 2.18. The topological polar surface area (TPSA) is 37.8 Å². The highest BCUT2D eigenvalue weighted by Gasteiger charge is 2.06. The maximum atomic E-state index is 4.55. The summed E-state index contributed by atoms with van der Waals surface area (Å²) in [5, 5.41) is 3.25. The molecule has 3 nitrogen and oxygen atoms in total. The molecule has 0 fully saturated rings. The smallest absolute Gasteiger partial charge is 0.133 e. The molecular formula is C12H21N3. The Morgan fingerprint density at radius 2 is 2.00 bits per heavy atom. The minimum absolute atomic E-state index is 0.388. The molecule has 1 heterocycles. The van der Waals surface area contributed by atoms with Crippen LogP contribution in [0.25, 0.3) is 0 Å². The number of nitrogens with one attached hydrogen (secondary N) is 1. The maximum absolute atomic E-state index is 4.55. The standard InChI is InChI=1S/C12H21N3/c1-5-7-10-8-11(13-6-2)15-12(14-10)9(3)4/h8-9H,5-7H2,1-4H3,(H,13,14,15). The molecule has 84 valence electrons. The highest BCUT2D eigenvalue weighted by atomic mass is 15.0. The van der Waals surface area contributed by atoms with E-state index in [4.69, 9.17) is 0 Å². The predicted octanol–water partition coefficient (Wildman–Crippen LogP) is 2.98. The summed E-state index contributed by atoms with van der Waals surface area (Å²) in [4.78, 5) is 9.04. The van der Waals surface area contributed by atoms with Crippen molar-refractivity contribution >= 4 is 5.82 Å². The largest absolute Gasteiger partial charge is 0.370 e. The first-order valence-corrected chi connectivity index (χ1v) is 5.79. The Morgan fingerprint density at radius 3 is 2.53 bits per heavy atom. The van der Waals surface area contributed by atoms with Gasteiger partial charge in [0, 0.05) is 24.2 Å². The van der Waals surface area contributed by atoms with Crippen molar-refractivity contribution in [2.75, 3.05) is 11.9 Å². The summed E-state index contributed by atoms with van der Waals surface area (Å²) in [6.45, 7) is 9.41. The second kappa shape index (κ2) is 5.69. The molecule has 0 bridgehead atoms. The van der Waals surface area contributed by atoms with Crippen molar-refractivity contribution in [3.8, 4) is 0 Å². The van der Waals surface area contributed by atoms with Gasteiger partial charge in [-0.25, -0.2) is 9.97 Å². The van der Waals surface area contributed by atoms with E-state index in [-0.39, 0.29) is 0 Å². The number of rotatable bonds is 5. The minimum Gasteiger partial charge on any atom is -0.370 e. The van der Waals surface area contributed by atoms with E-state index < -0.39 is 0 Å². The van der Waals surface area contributed by atoms with Crippen LogP contribution >= 0.6 is 0 Å². The van der Waals surface area contributed by atoms with Gasteiger partial charge >= 0.3 is 0 Å². The zero-order valence-corrected chi connectivity index (χ0v) is 10.2. The fourth-order valence-electron chi connectivity index (χ4n) is 1.43. The maximum Gasteiger partial charge on any atom is 0.133 e. The summed E-state index contributed by atoms with van der Waals surface area (Å²) in [5.41, 5.74) is 1.15. The van der Waals surface area contributed by atoms with E-state index in [0.29, 0.717) is 5.92 Å². The molecule has 0 amide bonds. The van der Waals surface area contributed by atoms with Gasteiger partial charge in [0.15, 0.2) is 0 Å². The lowest BCUT2D eigenvalue weighted by atomic mass is 10.2. The van der Waals surface area contributed by atoms with Gasteiger partial charge in [0.2, 0.25) is 0 Å². The van der Waals surface area contributed by atoms with E-state index in [9.17, 15) is 0 Å². The van der Waals surface area contributed by atoms with Crippen LogP contribution in [0.15, 0.2) is 6.07 Å². The molecule has 0 aliphatic rings. The van der Waals surface area contributed by atoms with Crippen LogP contribution in [0.5, 0.6) is 0 Å². The number of hydrogen-bond donors (Lipinski definition) is 1. The van der Waals surface area contributed by atoms with Crippen molar-refractivity contribution in [2.24, 2.45) is 0 Å². The van der Waals surface area contributed by atoms with Gasteiger partial charge in [-0.05, 0) is 13.3 Å². The number of hydrogen-bond acceptors (Lipinski definition) is 3. The number of nitrogens with zero attached hydrogens (tertiary/aromatic N) is 2. The summed E-state index contributed by atoms with van der Waals surface area (Å²) in [6, 6.07) is 2.05. The zero-order chi connectivity index (χ0) is 11.3. The van der Waals surface area contributed by atoms with E-state index >= 15 is 0 Å². The number of aromatic nitrogens is 2. The number of aryl methyl sites for hydroxylation is 1. The summed E-state index contributed by atoms with van der Waals surface area (Å²) in [6.07, 6.45) is 2.15. The molecule has 1 aromatic heterocycles. The van der Waals surface area contributed by atoms with Crippen LogP contribution < -0.4 is 5.32 Å². The van der Waals surface area contributed by atoms with Crippen molar-refractivity contribution in [1.29, 1.82) is 0 Å². The van der Waals surface area contributed by atoms with Crippen molar-refractivity contribution in [3.05, 3.63) is 17.6 Å². The molecule has 0 atom stereocenters. The first-order chi connectivity index (χ1) is 7.17. The van der Waals surface area contributed by atoms with Crippen molar-refractivity contribution < 1.29 is 0 Å². The van der Waals surface area contributed by atoms with Crippen LogP contribution in [0.4, 0.5) is 5.82 Å². The quantitative estimate of drug-likeness (QED) is 0.806. The third kappa shape index (κ3) is 3.50. The van der Waals surface area contributed by atoms with Gasteiger partial charge in [-0.2, -0.15) is 0 Å². The van der Waals surface area contributed by atoms with Crippen molar-refractivity contribution in [2.45, 2.75) is 46.5 Å². The minimum atomic E-state index is 0.388. The lowest BCUT2D eigenvalue weighted by molar-refractivity contribution is 0.749. The SMILES string of the molecule is CCCc1cc(NCC)nc(C(C)C)n1. The molecule has 0 saturated heterocycles. The van der Waals surface area contributed by atoms with Gasteiger partial charge in [-0.1, -0.05) is 27.2 Å². The summed E-state index contributed by atoms with van der Waals surface area (Å²) >= 11 is 0. The molecule has 3 heteroatoms. The molecule has 1 N–H and O–H groups in total. The monoisotopic (exact) mass is 207 g/mol. The Bertz CT molecular complexity index is 283. The number of anilines is 1. The lowest BCUT2D eigenvalue weighted by Gasteiger charge is -2.10. The van der Waals surface area contributed by atoms with Crippen molar-refractivity contribution in [1.82, 2.24) is 9.97 Å². The molecule has 0 spiro atoms. The second-order valence-corrected chi connectivity index (χ2v) is 4.04. The van der Waals surface area contributed by atoms with E-state index in [2.05, 4.69) is 49.0 Å². The van der Waals surface area contributed by atoms with Gasteiger partial charge in [-0.3, -0.25) is 0 Å². The highest BCUT2D eigenvalue weighted by molar-refractivity contribution is 5.36. The van der Waals surface area contributed by atoms with Crippen LogP contribution in [0.3, 0.4) is 0 Å². The lowest BCUT2D eigenvalue weighted by Crippen LogP contribution is -2.07. The highest BCUT2D eigenvalue weighted by Crippen LogP contribution is 2.14. The van der Waals surface area contributed by atoms with E-state index in [1.165, 1.54) is 0 Å². The Balaban J connectivity index is 2.97. The third-order valence-electron chi connectivity index (χ3n) is 2.18. The normalized spacial score (nSPS) is 10.7. The van der Waals surface area contributed by atoms with Crippen LogP contribution in [0.1, 0.15) is 51.6 Å². The zero-order valence-electron chi connectivity index (χ0n) is 10.2. The van der Waals surface area contributed by atoms with Crippen LogP contribution in [0, 0.1) is 0 Å². The van der Waals surface area contributed by atoms with Crippen LogP contribution in [-0.4, -0.2) is 16.5 Å². The van der Waals surface area contributed by atoms with Gasteiger partial charge < -0.3 is 5.32 Å². The van der Waals surface area contributed by atoms with E-state index in [1.807, 2.05) is 0 Å². The molecular weight excluding hydrogens is 186 g/mol. The molecule has 0 aromatic carbocycles. The fraction of sp³-hybridized carbons (Fsp3) is 0.667. The Morgan fingerprint density at radius 1 is 1.27 bits per heavy atom. The van der Waals surface area contributed by atoms with Crippen LogP contribution in [-0.2, 0) is 6.42 Å². The fourth-order valence-corrected chi connectivity index (χ4v) is 1.43. The first kappa shape index (κ1) is 12.0. The molecule has 0 radical (unpaired) electrons.